The summed E-state index contributed by atoms with van der Waals surface area (Å²) in [5.74, 6) is -0.725. The van der Waals surface area contributed by atoms with Gasteiger partial charge in [-0.3, -0.25) is 0 Å². The van der Waals surface area contributed by atoms with E-state index in [4.69, 9.17) is 0 Å². The van der Waals surface area contributed by atoms with Crippen LogP contribution in [0.25, 0.3) is 0 Å². The summed E-state index contributed by atoms with van der Waals surface area (Å²) < 4.78 is 27.2. The molecule has 2 rings (SSSR count). The van der Waals surface area contributed by atoms with E-state index in [-0.39, 0.29) is 17.7 Å². The van der Waals surface area contributed by atoms with Crippen molar-refractivity contribution in [2.24, 2.45) is 0 Å². The Morgan fingerprint density at radius 1 is 1.14 bits per heavy atom. The maximum atomic E-state index is 13.9. The minimum atomic E-state index is -0.387. The van der Waals surface area contributed by atoms with Crippen LogP contribution in [0, 0.1) is 11.6 Å². The Labute approximate surface area is 129 Å². The Morgan fingerprint density at radius 2 is 1.95 bits per heavy atom. The minimum Gasteiger partial charge on any atom is -0.309 e. The van der Waals surface area contributed by atoms with Crippen molar-refractivity contribution in [3.8, 4) is 0 Å². The second-order valence-corrected chi connectivity index (χ2v) is 6.06. The monoisotopic (exact) mass is 309 g/mol. The smallest absolute Gasteiger partial charge is 0.126 e. The molecule has 114 valence electrons. The van der Waals surface area contributed by atoms with Crippen molar-refractivity contribution >= 4 is 11.3 Å². The van der Waals surface area contributed by atoms with Crippen LogP contribution in [-0.4, -0.2) is 6.54 Å². The molecule has 0 spiro atoms. The van der Waals surface area contributed by atoms with Crippen molar-refractivity contribution in [1.82, 2.24) is 5.32 Å². The number of hydrogen-bond donors (Lipinski definition) is 1. The molecule has 1 aromatic carbocycles. The van der Waals surface area contributed by atoms with E-state index >= 15 is 0 Å². The van der Waals surface area contributed by atoms with Crippen LogP contribution in [-0.2, 0) is 12.8 Å². The van der Waals surface area contributed by atoms with Gasteiger partial charge in [0.15, 0.2) is 0 Å². The van der Waals surface area contributed by atoms with Crippen LogP contribution < -0.4 is 5.32 Å². The van der Waals surface area contributed by atoms with Gasteiger partial charge in [-0.25, -0.2) is 8.78 Å². The Balaban J connectivity index is 2.26. The highest BCUT2D eigenvalue weighted by Gasteiger charge is 2.18. The molecule has 0 saturated heterocycles. The van der Waals surface area contributed by atoms with Gasteiger partial charge in [0.25, 0.3) is 0 Å². The standard InChI is InChI=1S/C17H21F2NS/c1-3-8-20-16(17-12(4-2)7-9-21-17)11-13-10-14(18)5-6-15(13)19/h5-7,9-10,16,20H,3-4,8,11H2,1-2H3. The maximum Gasteiger partial charge on any atom is 0.126 e. The lowest BCUT2D eigenvalue weighted by atomic mass is 10.0. The van der Waals surface area contributed by atoms with Crippen molar-refractivity contribution in [2.45, 2.75) is 39.2 Å². The minimum absolute atomic E-state index is 0.0381. The Hall–Kier alpha value is -1.26. The highest BCUT2D eigenvalue weighted by Crippen LogP contribution is 2.28. The van der Waals surface area contributed by atoms with Gasteiger partial charge in [-0.1, -0.05) is 13.8 Å². The predicted octanol–water partition coefficient (Wildman–Crippen LogP) is 4.87. The molecule has 0 saturated carbocycles. The zero-order valence-electron chi connectivity index (χ0n) is 12.5. The number of thiophene rings is 1. The first kappa shape index (κ1) is 16.1. The molecular weight excluding hydrogens is 288 g/mol. The van der Waals surface area contributed by atoms with Gasteiger partial charge in [0, 0.05) is 10.9 Å². The molecule has 1 unspecified atom stereocenters. The molecule has 1 atom stereocenters. The fourth-order valence-electron chi connectivity index (χ4n) is 2.44. The van der Waals surface area contributed by atoms with Gasteiger partial charge in [-0.2, -0.15) is 0 Å². The molecule has 1 heterocycles. The van der Waals surface area contributed by atoms with E-state index in [2.05, 4.69) is 30.6 Å². The maximum absolute atomic E-state index is 13.9. The highest BCUT2D eigenvalue weighted by molar-refractivity contribution is 7.10. The van der Waals surface area contributed by atoms with Crippen molar-refractivity contribution < 1.29 is 8.78 Å². The number of aryl methyl sites for hydroxylation is 1. The normalized spacial score (nSPS) is 12.6. The molecule has 0 radical (unpaired) electrons. The van der Waals surface area contributed by atoms with Crippen molar-refractivity contribution in [3.63, 3.8) is 0 Å². The third-order valence-electron chi connectivity index (χ3n) is 3.55. The molecule has 0 aliphatic heterocycles. The van der Waals surface area contributed by atoms with Crippen LogP contribution in [0.1, 0.15) is 42.3 Å². The van der Waals surface area contributed by atoms with Gasteiger partial charge < -0.3 is 5.32 Å². The zero-order chi connectivity index (χ0) is 15.2. The van der Waals surface area contributed by atoms with Crippen molar-refractivity contribution in [2.75, 3.05) is 6.54 Å². The number of halogens is 2. The SMILES string of the molecule is CCCNC(Cc1cc(F)ccc1F)c1sccc1CC. The summed E-state index contributed by atoms with van der Waals surface area (Å²) in [6.45, 7) is 5.08. The van der Waals surface area contributed by atoms with Crippen LogP contribution in [0.3, 0.4) is 0 Å². The number of benzene rings is 1. The largest absolute Gasteiger partial charge is 0.309 e. The lowest BCUT2D eigenvalue weighted by molar-refractivity contribution is 0.512. The number of rotatable bonds is 7. The second kappa shape index (κ2) is 7.66. The third kappa shape index (κ3) is 4.11. The molecule has 0 fully saturated rings. The van der Waals surface area contributed by atoms with Crippen LogP contribution in [0.4, 0.5) is 8.78 Å². The Kier molecular flexibility index (Phi) is 5.88. The average molecular weight is 309 g/mol. The lowest BCUT2D eigenvalue weighted by Gasteiger charge is -2.19. The quantitative estimate of drug-likeness (QED) is 0.769. The molecule has 0 aliphatic carbocycles. The summed E-state index contributed by atoms with van der Waals surface area (Å²) in [5, 5.41) is 5.53. The molecule has 2 aromatic rings. The van der Waals surface area contributed by atoms with Crippen LogP contribution in [0.15, 0.2) is 29.6 Å². The van der Waals surface area contributed by atoms with Gasteiger partial charge in [-0.15, -0.1) is 11.3 Å². The van der Waals surface area contributed by atoms with E-state index in [0.29, 0.717) is 12.0 Å². The second-order valence-electron chi connectivity index (χ2n) is 5.11. The fourth-order valence-corrected chi connectivity index (χ4v) is 3.51. The van der Waals surface area contributed by atoms with Gasteiger partial charge >= 0.3 is 0 Å². The van der Waals surface area contributed by atoms with E-state index in [1.807, 2.05) is 0 Å². The topological polar surface area (TPSA) is 12.0 Å². The molecule has 1 aromatic heterocycles. The van der Waals surface area contributed by atoms with Crippen LogP contribution >= 0.6 is 11.3 Å². The molecule has 1 N–H and O–H groups in total. The first-order valence-corrected chi connectivity index (χ1v) is 8.27. The molecule has 4 heteroatoms. The lowest BCUT2D eigenvalue weighted by Crippen LogP contribution is -2.24. The van der Waals surface area contributed by atoms with Crippen LogP contribution in [0.5, 0.6) is 0 Å². The fraction of sp³-hybridized carbons (Fsp3) is 0.412. The van der Waals surface area contributed by atoms with Gasteiger partial charge in [0.2, 0.25) is 0 Å². The molecular formula is C17H21F2NS. The van der Waals surface area contributed by atoms with Crippen molar-refractivity contribution in [1.29, 1.82) is 0 Å². The summed E-state index contributed by atoms with van der Waals surface area (Å²) in [5.41, 5.74) is 1.71. The number of hydrogen-bond acceptors (Lipinski definition) is 2. The first-order valence-electron chi connectivity index (χ1n) is 7.39. The summed E-state index contributed by atoms with van der Waals surface area (Å²) in [4.78, 5) is 1.23. The summed E-state index contributed by atoms with van der Waals surface area (Å²) >= 11 is 1.68. The summed E-state index contributed by atoms with van der Waals surface area (Å²) in [7, 11) is 0. The molecule has 0 bridgehead atoms. The summed E-state index contributed by atoms with van der Waals surface area (Å²) in [6, 6.07) is 5.82. The summed E-state index contributed by atoms with van der Waals surface area (Å²) in [6.07, 6.45) is 2.43. The van der Waals surface area contributed by atoms with Crippen molar-refractivity contribution in [3.05, 3.63) is 57.3 Å². The van der Waals surface area contributed by atoms with E-state index < -0.39 is 0 Å². The third-order valence-corrected chi connectivity index (χ3v) is 4.62. The molecule has 0 aliphatic rings. The van der Waals surface area contributed by atoms with E-state index in [9.17, 15) is 8.78 Å². The highest BCUT2D eigenvalue weighted by atomic mass is 32.1. The van der Waals surface area contributed by atoms with Gasteiger partial charge in [0.1, 0.15) is 11.6 Å². The molecule has 21 heavy (non-hydrogen) atoms. The molecule has 0 amide bonds. The van der Waals surface area contributed by atoms with E-state index in [0.717, 1.165) is 25.5 Å². The first-order chi connectivity index (χ1) is 10.2. The van der Waals surface area contributed by atoms with E-state index in [1.165, 1.54) is 22.6 Å². The van der Waals surface area contributed by atoms with E-state index in [1.54, 1.807) is 11.3 Å². The van der Waals surface area contributed by atoms with Gasteiger partial charge in [-0.05, 0) is 66.6 Å². The number of nitrogens with one attached hydrogen (secondary N) is 1. The molecule has 1 nitrogen and oxygen atoms in total. The van der Waals surface area contributed by atoms with Gasteiger partial charge in [0.05, 0.1) is 0 Å². The zero-order valence-corrected chi connectivity index (χ0v) is 13.3. The predicted molar refractivity (Wildman–Crippen MR) is 84.8 cm³/mol. The Morgan fingerprint density at radius 3 is 2.67 bits per heavy atom. The Bertz CT molecular complexity index is 580. The van der Waals surface area contributed by atoms with Crippen LogP contribution in [0.2, 0.25) is 0 Å². The average Bonchev–Trinajstić information content (AvgIpc) is 2.95.